The van der Waals surface area contributed by atoms with Gasteiger partial charge in [-0.2, -0.15) is 0 Å². The molecule has 0 bridgehead atoms. The molecule has 1 aromatic rings. The summed E-state index contributed by atoms with van der Waals surface area (Å²) in [5.41, 5.74) is 3.91. The summed E-state index contributed by atoms with van der Waals surface area (Å²) in [6.45, 7) is 2.94. The van der Waals surface area contributed by atoms with E-state index in [4.69, 9.17) is 0 Å². The zero-order valence-corrected chi connectivity index (χ0v) is 7.12. The first kappa shape index (κ1) is 7.29. The Kier molecular flexibility index (Phi) is 1.78. The molecule has 0 atom stereocenters. The van der Waals surface area contributed by atoms with Gasteiger partial charge in [0.25, 0.3) is 0 Å². The van der Waals surface area contributed by atoms with Crippen molar-refractivity contribution in [2.75, 3.05) is 6.54 Å². The zero-order chi connectivity index (χ0) is 8.39. The van der Waals surface area contributed by atoms with Gasteiger partial charge in [0, 0.05) is 6.21 Å². The Balaban J connectivity index is 2.30. The highest BCUT2D eigenvalue weighted by atomic mass is 14.7. The fourth-order valence-corrected chi connectivity index (χ4v) is 1.30. The van der Waals surface area contributed by atoms with Gasteiger partial charge in [0.05, 0.1) is 6.54 Å². The predicted molar refractivity (Wildman–Crippen MR) is 52.5 cm³/mol. The highest BCUT2D eigenvalue weighted by Crippen LogP contribution is 2.17. The minimum absolute atomic E-state index is 0.836. The third-order valence-corrected chi connectivity index (χ3v) is 2.07. The Morgan fingerprint density at radius 3 is 2.50 bits per heavy atom. The van der Waals surface area contributed by atoms with Crippen LogP contribution >= 0.6 is 0 Å². The summed E-state index contributed by atoms with van der Waals surface area (Å²) in [5, 5.41) is 0. The van der Waals surface area contributed by atoms with Gasteiger partial charge in [-0.1, -0.05) is 29.8 Å². The van der Waals surface area contributed by atoms with Crippen molar-refractivity contribution in [3.05, 3.63) is 41.5 Å². The van der Waals surface area contributed by atoms with Crippen LogP contribution in [0.4, 0.5) is 0 Å². The monoisotopic (exact) mass is 157 g/mol. The Morgan fingerprint density at radius 1 is 1.17 bits per heavy atom. The molecule has 1 nitrogen and oxygen atoms in total. The average Bonchev–Trinajstić information content (AvgIpc) is 2.58. The predicted octanol–water partition coefficient (Wildman–Crippen LogP) is 2.46. The SMILES string of the molecule is Cc1ccc(C2=CC=NC2)cc1. The Bertz CT molecular complexity index is 331. The van der Waals surface area contributed by atoms with Gasteiger partial charge < -0.3 is 0 Å². The summed E-state index contributed by atoms with van der Waals surface area (Å²) in [6.07, 6.45) is 3.94. The summed E-state index contributed by atoms with van der Waals surface area (Å²) < 4.78 is 0. The number of rotatable bonds is 1. The molecule has 1 heterocycles. The number of aryl methyl sites for hydroxylation is 1. The van der Waals surface area contributed by atoms with E-state index in [1.807, 2.05) is 6.21 Å². The van der Waals surface area contributed by atoms with Crippen molar-refractivity contribution in [2.45, 2.75) is 6.92 Å². The Hall–Kier alpha value is -1.37. The summed E-state index contributed by atoms with van der Waals surface area (Å²) in [6, 6.07) is 8.56. The van der Waals surface area contributed by atoms with E-state index in [0.717, 1.165) is 6.54 Å². The number of allylic oxidation sites excluding steroid dienone is 1. The van der Waals surface area contributed by atoms with E-state index in [2.05, 4.69) is 42.3 Å². The van der Waals surface area contributed by atoms with Gasteiger partial charge in [0.2, 0.25) is 0 Å². The molecule has 12 heavy (non-hydrogen) atoms. The maximum Gasteiger partial charge on any atom is 0.0646 e. The first-order valence-electron chi connectivity index (χ1n) is 4.12. The molecule has 0 fully saturated rings. The number of nitrogens with zero attached hydrogens (tertiary/aromatic N) is 1. The van der Waals surface area contributed by atoms with Gasteiger partial charge in [-0.3, -0.25) is 4.99 Å². The Labute approximate surface area is 72.5 Å². The molecular weight excluding hydrogens is 146 g/mol. The molecule has 1 aromatic carbocycles. The lowest BCUT2D eigenvalue weighted by Gasteiger charge is -2.00. The van der Waals surface area contributed by atoms with Gasteiger partial charge >= 0.3 is 0 Å². The second-order valence-corrected chi connectivity index (χ2v) is 3.05. The minimum Gasteiger partial charge on any atom is -0.288 e. The lowest BCUT2D eigenvalue weighted by molar-refractivity contribution is 1.30. The molecule has 0 aliphatic carbocycles. The molecule has 0 radical (unpaired) electrons. The number of benzene rings is 1. The van der Waals surface area contributed by atoms with E-state index in [0.29, 0.717) is 0 Å². The van der Waals surface area contributed by atoms with Crippen LogP contribution in [0.5, 0.6) is 0 Å². The van der Waals surface area contributed by atoms with Crippen LogP contribution in [-0.4, -0.2) is 12.8 Å². The molecule has 0 unspecified atom stereocenters. The number of hydrogen-bond acceptors (Lipinski definition) is 1. The summed E-state index contributed by atoms with van der Waals surface area (Å²) >= 11 is 0. The van der Waals surface area contributed by atoms with Crippen molar-refractivity contribution in [3.8, 4) is 0 Å². The van der Waals surface area contributed by atoms with Crippen LogP contribution in [0.3, 0.4) is 0 Å². The fraction of sp³-hybridized carbons (Fsp3) is 0.182. The molecular formula is C11H11N. The van der Waals surface area contributed by atoms with E-state index in [9.17, 15) is 0 Å². The van der Waals surface area contributed by atoms with Crippen LogP contribution in [0, 0.1) is 6.92 Å². The van der Waals surface area contributed by atoms with Crippen molar-refractivity contribution in [1.29, 1.82) is 0 Å². The second-order valence-electron chi connectivity index (χ2n) is 3.05. The molecule has 2 rings (SSSR count). The van der Waals surface area contributed by atoms with E-state index in [1.54, 1.807) is 0 Å². The molecule has 1 heteroatoms. The molecule has 0 saturated heterocycles. The van der Waals surface area contributed by atoms with E-state index >= 15 is 0 Å². The molecule has 1 aliphatic heterocycles. The van der Waals surface area contributed by atoms with Crippen molar-refractivity contribution < 1.29 is 0 Å². The lowest BCUT2D eigenvalue weighted by atomic mass is 10.1. The van der Waals surface area contributed by atoms with Crippen LogP contribution in [-0.2, 0) is 0 Å². The highest BCUT2D eigenvalue weighted by Gasteiger charge is 2.01. The first-order valence-corrected chi connectivity index (χ1v) is 4.12. The fourth-order valence-electron chi connectivity index (χ4n) is 1.30. The summed E-state index contributed by atoms with van der Waals surface area (Å²) in [4.78, 5) is 4.15. The second kappa shape index (κ2) is 2.94. The zero-order valence-electron chi connectivity index (χ0n) is 7.12. The third kappa shape index (κ3) is 1.30. The minimum atomic E-state index is 0.836. The average molecular weight is 157 g/mol. The summed E-state index contributed by atoms with van der Waals surface area (Å²) in [7, 11) is 0. The molecule has 0 spiro atoms. The smallest absolute Gasteiger partial charge is 0.0646 e. The van der Waals surface area contributed by atoms with Crippen LogP contribution in [0.1, 0.15) is 11.1 Å². The van der Waals surface area contributed by atoms with Crippen LogP contribution < -0.4 is 0 Å². The van der Waals surface area contributed by atoms with Crippen LogP contribution in [0.25, 0.3) is 5.57 Å². The van der Waals surface area contributed by atoms with Gasteiger partial charge in [-0.15, -0.1) is 0 Å². The van der Waals surface area contributed by atoms with E-state index in [1.165, 1.54) is 16.7 Å². The van der Waals surface area contributed by atoms with Crippen molar-refractivity contribution in [1.82, 2.24) is 0 Å². The first-order chi connectivity index (χ1) is 5.86. The van der Waals surface area contributed by atoms with Gasteiger partial charge in [0.15, 0.2) is 0 Å². The molecule has 0 saturated carbocycles. The third-order valence-electron chi connectivity index (χ3n) is 2.07. The molecule has 60 valence electrons. The van der Waals surface area contributed by atoms with Crippen molar-refractivity contribution in [2.24, 2.45) is 4.99 Å². The normalized spacial score (nSPS) is 14.9. The van der Waals surface area contributed by atoms with Gasteiger partial charge in [-0.05, 0) is 24.1 Å². The summed E-state index contributed by atoms with van der Waals surface area (Å²) in [5.74, 6) is 0. The largest absolute Gasteiger partial charge is 0.288 e. The molecule has 0 amide bonds. The highest BCUT2D eigenvalue weighted by molar-refractivity contribution is 5.89. The molecule has 0 N–H and O–H groups in total. The maximum absolute atomic E-state index is 4.15. The van der Waals surface area contributed by atoms with Crippen LogP contribution in [0.15, 0.2) is 35.3 Å². The van der Waals surface area contributed by atoms with Crippen LogP contribution in [0.2, 0.25) is 0 Å². The van der Waals surface area contributed by atoms with Crippen molar-refractivity contribution in [3.63, 3.8) is 0 Å². The number of aliphatic imine (C=N–C) groups is 1. The lowest BCUT2D eigenvalue weighted by Crippen LogP contribution is -1.84. The topological polar surface area (TPSA) is 12.4 Å². The standard InChI is InChI=1S/C11H11N/c1-9-2-4-10(5-3-9)11-6-7-12-8-11/h2-7H,8H2,1H3. The Morgan fingerprint density at radius 2 is 1.92 bits per heavy atom. The van der Waals surface area contributed by atoms with E-state index < -0.39 is 0 Å². The molecule has 0 aromatic heterocycles. The maximum atomic E-state index is 4.15. The number of hydrogen-bond donors (Lipinski definition) is 0. The van der Waals surface area contributed by atoms with Crippen molar-refractivity contribution >= 4 is 11.8 Å². The van der Waals surface area contributed by atoms with E-state index in [-0.39, 0.29) is 0 Å². The quantitative estimate of drug-likeness (QED) is 0.593. The van der Waals surface area contributed by atoms with Gasteiger partial charge in [-0.25, -0.2) is 0 Å². The molecule has 1 aliphatic rings. The van der Waals surface area contributed by atoms with Gasteiger partial charge in [0.1, 0.15) is 0 Å².